The zero-order valence-electron chi connectivity index (χ0n) is 16.5. The number of aromatic amines is 1. The fourth-order valence-electron chi connectivity index (χ4n) is 4.06. The molecule has 1 N–H and O–H groups in total. The first-order valence-corrected chi connectivity index (χ1v) is 10.6. The molecule has 4 heterocycles. The Bertz CT molecular complexity index is 1290. The van der Waals surface area contributed by atoms with Crippen LogP contribution < -0.4 is 0 Å². The summed E-state index contributed by atoms with van der Waals surface area (Å²) >= 11 is 12.6. The second-order valence-corrected chi connectivity index (χ2v) is 8.55. The van der Waals surface area contributed by atoms with E-state index in [0.29, 0.717) is 23.7 Å². The fourth-order valence-corrected chi connectivity index (χ4v) is 4.76. The molecule has 1 fully saturated rings. The highest BCUT2D eigenvalue weighted by Gasteiger charge is 2.27. The highest BCUT2D eigenvalue weighted by Crippen LogP contribution is 2.39. The van der Waals surface area contributed by atoms with E-state index in [2.05, 4.69) is 15.1 Å². The average molecular weight is 458 g/mol. The van der Waals surface area contributed by atoms with Crippen molar-refractivity contribution in [1.82, 2.24) is 24.6 Å². The van der Waals surface area contributed by atoms with Gasteiger partial charge in [-0.1, -0.05) is 30.1 Å². The maximum Gasteiger partial charge on any atom is 0.209 e. The number of nitrogens with one attached hydrogen (secondary N) is 1. The molecule has 1 amide bonds. The van der Waals surface area contributed by atoms with Gasteiger partial charge in [-0.2, -0.15) is 5.10 Å². The first kappa shape index (κ1) is 20.0. The van der Waals surface area contributed by atoms with Gasteiger partial charge in [0.15, 0.2) is 0 Å². The minimum absolute atomic E-state index is 0.0320. The molecule has 0 radical (unpaired) electrons. The lowest BCUT2D eigenvalue weighted by Crippen LogP contribution is -2.46. The molecule has 1 aliphatic heterocycles. The van der Waals surface area contributed by atoms with E-state index in [1.165, 1.54) is 12.1 Å². The topological polar surface area (TPSA) is 66.8 Å². The van der Waals surface area contributed by atoms with Crippen LogP contribution in [0.3, 0.4) is 0 Å². The van der Waals surface area contributed by atoms with Crippen molar-refractivity contribution >= 4 is 40.6 Å². The number of nitrogens with zero attached hydrogens (tertiary/aromatic N) is 4. The Morgan fingerprint density at radius 2 is 2.06 bits per heavy atom. The largest absolute Gasteiger partial charge is 0.346 e. The van der Waals surface area contributed by atoms with Crippen LogP contribution in [0.15, 0.2) is 43.0 Å². The van der Waals surface area contributed by atoms with Gasteiger partial charge in [-0.3, -0.25) is 9.48 Å². The van der Waals surface area contributed by atoms with Crippen molar-refractivity contribution in [2.45, 2.75) is 18.9 Å². The number of halogens is 3. The van der Waals surface area contributed by atoms with E-state index in [4.69, 9.17) is 23.2 Å². The molecule has 0 bridgehead atoms. The van der Waals surface area contributed by atoms with Crippen molar-refractivity contribution < 1.29 is 9.18 Å². The Labute approximate surface area is 187 Å². The molecule has 1 saturated heterocycles. The van der Waals surface area contributed by atoms with Gasteiger partial charge in [-0.25, -0.2) is 9.37 Å². The van der Waals surface area contributed by atoms with Crippen molar-refractivity contribution in [3.63, 3.8) is 0 Å². The summed E-state index contributed by atoms with van der Waals surface area (Å²) in [6, 6.07) is 5.01. The predicted octanol–water partition coefficient (Wildman–Crippen LogP) is 5.04. The lowest BCUT2D eigenvalue weighted by Gasteiger charge is -2.36. The molecule has 9 heteroatoms. The van der Waals surface area contributed by atoms with E-state index in [9.17, 15) is 9.18 Å². The third kappa shape index (κ3) is 3.38. The van der Waals surface area contributed by atoms with Gasteiger partial charge in [0.1, 0.15) is 11.5 Å². The fraction of sp³-hybridized carbons (Fsp3) is 0.227. The molecule has 1 atom stereocenters. The molecule has 5 rings (SSSR count). The van der Waals surface area contributed by atoms with Crippen LogP contribution >= 0.6 is 23.2 Å². The molecule has 31 heavy (non-hydrogen) atoms. The summed E-state index contributed by atoms with van der Waals surface area (Å²) in [7, 11) is 0. The van der Waals surface area contributed by atoms with Crippen LogP contribution in [0.5, 0.6) is 0 Å². The van der Waals surface area contributed by atoms with Gasteiger partial charge >= 0.3 is 0 Å². The quantitative estimate of drug-likeness (QED) is 0.337. The number of likely N-dealkylation sites (tertiary alicyclic amines) is 1. The first-order valence-electron chi connectivity index (χ1n) is 9.80. The van der Waals surface area contributed by atoms with E-state index < -0.39 is 5.82 Å². The number of hydrogen-bond acceptors (Lipinski definition) is 3. The van der Waals surface area contributed by atoms with Gasteiger partial charge < -0.3 is 9.88 Å². The third-order valence-electron chi connectivity index (χ3n) is 5.89. The van der Waals surface area contributed by atoms with Crippen LogP contribution in [0.25, 0.3) is 22.2 Å². The number of H-pyrrole nitrogens is 1. The van der Waals surface area contributed by atoms with Crippen LogP contribution in [0, 0.1) is 5.82 Å². The SMILES string of the molecule is CC(c1c(Cl)ccc(F)c1Cl)c1c[nH]c2ncc(-c3cnn(C4CN(C=O)C4)c3)cc12. The Morgan fingerprint density at radius 1 is 1.26 bits per heavy atom. The summed E-state index contributed by atoms with van der Waals surface area (Å²) in [6.45, 7) is 3.27. The van der Waals surface area contributed by atoms with Crippen LogP contribution in [0.2, 0.25) is 10.0 Å². The summed E-state index contributed by atoms with van der Waals surface area (Å²) in [5.41, 5.74) is 4.04. The lowest BCUT2D eigenvalue weighted by molar-refractivity contribution is -0.123. The van der Waals surface area contributed by atoms with Crippen LogP contribution in [0.4, 0.5) is 4.39 Å². The Balaban J connectivity index is 1.50. The molecule has 158 valence electrons. The van der Waals surface area contributed by atoms with Crippen molar-refractivity contribution in [2.24, 2.45) is 0 Å². The average Bonchev–Trinajstić information content (AvgIpc) is 3.37. The van der Waals surface area contributed by atoms with E-state index in [1.54, 1.807) is 17.3 Å². The van der Waals surface area contributed by atoms with Crippen molar-refractivity contribution in [3.8, 4) is 11.1 Å². The number of rotatable bonds is 5. The molecule has 3 aromatic heterocycles. The molecule has 0 aliphatic carbocycles. The molecule has 1 aromatic carbocycles. The second-order valence-electron chi connectivity index (χ2n) is 7.76. The number of carbonyl (C=O) groups is 1. The molecule has 4 aromatic rings. The number of pyridine rings is 1. The van der Waals surface area contributed by atoms with E-state index in [1.807, 2.05) is 30.1 Å². The lowest BCUT2D eigenvalue weighted by atomic mass is 9.92. The highest BCUT2D eigenvalue weighted by atomic mass is 35.5. The normalized spacial score (nSPS) is 15.3. The number of benzene rings is 1. The van der Waals surface area contributed by atoms with Crippen molar-refractivity contribution in [3.05, 3.63) is 70.0 Å². The zero-order valence-corrected chi connectivity index (χ0v) is 18.0. The smallest absolute Gasteiger partial charge is 0.209 e. The van der Waals surface area contributed by atoms with Gasteiger partial charge in [0.05, 0.1) is 17.3 Å². The molecule has 0 spiro atoms. The van der Waals surface area contributed by atoms with E-state index >= 15 is 0 Å². The predicted molar refractivity (Wildman–Crippen MR) is 118 cm³/mol. The van der Waals surface area contributed by atoms with Crippen molar-refractivity contribution in [2.75, 3.05) is 13.1 Å². The number of amides is 1. The highest BCUT2D eigenvalue weighted by molar-refractivity contribution is 6.36. The third-order valence-corrected chi connectivity index (χ3v) is 6.60. The minimum atomic E-state index is -0.497. The molecule has 0 saturated carbocycles. The van der Waals surface area contributed by atoms with Crippen LogP contribution in [-0.2, 0) is 4.79 Å². The summed E-state index contributed by atoms with van der Waals surface area (Å²) < 4.78 is 15.9. The van der Waals surface area contributed by atoms with Gasteiger partial charge in [0, 0.05) is 59.1 Å². The Kier molecular flexibility index (Phi) is 4.95. The maximum absolute atomic E-state index is 14.1. The van der Waals surface area contributed by atoms with Gasteiger partial charge in [0.2, 0.25) is 6.41 Å². The number of hydrogen-bond donors (Lipinski definition) is 1. The second kappa shape index (κ2) is 7.66. The molecule has 6 nitrogen and oxygen atoms in total. The monoisotopic (exact) mass is 457 g/mol. The molecule has 1 unspecified atom stereocenters. The standard InChI is InChI=1S/C22H18Cl2FN5O/c1-12(20-18(23)2-3-19(25)21(20)24)17-7-27-22-16(17)4-13(5-26-22)14-6-28-30(8-14)15-9-29(10-15)11-31/h2-8,11-12,15H,9-10H2,1H3,(H,26,27). The number of aromatic nitrogens is 4. The first-order chi connectivity index (χ1) is 15.0. The van der Waals surface area contributed by atoms with Crippen LogP contribution in [0.1, 0.15) is 30.0 Å². The number of fused-ring (bicyclic) bond motifs is 1. The van der Waals surface area contributed by atoms with Crippen molar-refractivity contribution in [1.29, 1.82) is 0 Å². The maximum atomic E-state index is 14.1. The zero-order chi connectivity index (χ0) is 21.7. The van der Waals surface area contributed by atoms with E-state index in [-0.39, 0.29) is 17.0 Å². The van der Waals surface area contributed by atoms with E-state index in [0.717, 1.165) is 34.1 Å². The van der Waals surface area contributed by atoms with Gasteiger partial charge in [-0.15, -0.1) is 0 Å². The molecular formula is C22H18Cl2FN5O. The Morgan fingerprint density at radius 3 is 2.84 bits per heavy atom. The van der Waals surface area contributed by atoms with Gasteiger partial charge in [0.25, 0.3) is 0 Å². The Hall–Kier alpha value is -2.90. The molecular weight excluding hydrogens is 440 g/mol. The molecule has 1 aliphatic rings. The number of carbonyl (C=O) groups excluding carboxylic acids is 1. The summed E-state index contributed by atoms with van der Waals surface area (Å²) in [5, 5.41) is 5.81. The summed E-state index contributed by atoms with van der Waals surface area (Å²) in [5.74, 6) is -0.739. The summed E-state index contributed by atoms with van der Waals surface area (Å²) in [4.78, 5) is 20.2. The van der Waals surface area contributed by atoms with Gasteiger partial charge in [-0.05, 0) is 29.3 Å². The minimum Gasteiger partial charge on any atom is -0.346 e. The summed E-state index contributed by atoms with van der Waals surface area (Å²) in [6.07, 6.45) is 8.25. The van der Waals surface area contributed by atoms with Crippen LogP contribution in [-0.4, -0.2) is 44.1 Å².